The van der Waals surface area contributed by atoms with E-state index in [2.05, 4.69) is 33.1 Å². The van der Waals surface area contributed by atoms with Crippen LogP contribution < -0.4 is 5.32 Å². The van der Waals surface area contributed by atoms with Gasteiger partial charge in [0.2, 0.25) is 0 Å². The Bertz CT molecular complexity index is 1260. The largest absolute Gasteiger partial charge is 0.507 e. The number of halogens is 1. The van der Waals surface area contributed by atoms with Crippen molar-refractivity contribution in [2.24, 2.45) is 0 Å². The average molecular weight is 629 g/mol. The smallest absolute Gasteiger partial charge is 0.410 e. The molecule has 2 saturated heterocycles. The summed E-state index contributed by atoms with van der Waals surface area (Å²) < 4.78 is 6.43. The van der Waals surface area contributed by atoms with Gasteiger partial charge in [-0.15, -0.1) is 0 Å². The number of anilines is 1. The first-order chi connectivity index (χ1) is 19.8. The lowest BCUT2D eigenvalue weighted by atomic mass is 10.0. The SMILES string of the molecule is CCN1CCN(C(=O)[C@@H](Cc2ccc(O)c(Br)c2)OC(=O)N2CCC(N3CCc4ccccc4NC3=O)CC2)CC1. The lowest BCUT2D eigenvalue weighted by molar-refractivity contribution is -0.142. The second-order valence-electron chi connectivity index (χ2n) is 10.9. The highest BCUT2D eigenvalue weighted by Crippen LogP contribution is 2.27. The monoisotopic (exact) mass is 627 g/mol. The Morgan fingerprint density at radius 3 is 2.46 bits per heavy atom. The summed E-state index contributed by atoms with van der Waals surface area (Å²) in [7, 11) is 0. The maximum absolute atomic E-state index is 13.6. The van der Waals surface area contributed by atoms with Crippen LogP contribution in [-0.2, 0) is 22.4 Å². The van der Waals surface area contributed by atoms with Crippen molar-refractivity contribution < 1.29 is 24.2 Å². The van der Waals surface area contributed by atoms with E-state index in [0.717, 1.165) is 42.9 Å². The molecule has 0 radical (unpaired) electrons. The van der Waals surface area contributed by atoms with Gasteiger partial charge in [-0.25, -0.2) is 9.59 Å². The number of likely N-dealkylation sites (tertiary alicyclic amines) is 1. The van der Waals surface area contributed by atoms with Crippen LogP contribution in [0.25, 0.3) is 0 Å². The molecule has 4 amide bonds. The van der Waals surface area contributed by atoms with Crippen LogP contribution >= 0.6 is 15.9 Å². The van der Waals surface area contributed by atoms with Gasteiger partial charge in [0, 0.05) is 64.0 Å². The molecule has 5 rings (SSSR count). The molecule has 11 heteroatoms. The number of hydrogen-bond donors (Lipinski definition) is 2. The Kier molecular flexibility index (Phi) is 9.34. The molecule has 0 aromatic heterocycles. The van der Waals surface area contributed by atoms with Crippen LogP contribution in [0.4, 0.5) is 15.3 Å². The quantitative estimate of drug-likeness (QED) is 0.503. The Balaban J connectivity index is 1.21. The number of para-hydroxylation sites is 1. The van der Waals surface area contributed by atoms with Crippen LogP contribution in [0.2, 0.25) is 0 Å². The Labute approximate surface area is 249 Å². The summed E-state index contributed by atoms with van der Waals surface area (Å²) in [6.45, 7) is 7.31. The number of likely N-dealkylation sites (N-methyl/N-ethyl adjacent to an activating group) is 1. The summed E-state index contributed by atoms with van der Waals surface area (Å²) in [5, 5.41) is 12.9. The van der Waals surface area contributed by atoms with Crippen molar-refractivity contribution in [1.82, 2.24) is 19.6 Å². The van der Waals surface area contributed by atoms with E-state index >= 15 is 0 Å². The zero-order valence-electron chi connectivity index (χ0n) is 23.4. The van der Waals surface area contributed by atoms with Gasteiger partial charge in [-0.2, -0.15) is 0 Å². The summed E-state index contributed by atoms with van der Waals surface area (Å²) in [5.74, 6) is -0.0943. The van der Waals surface area contributed by atoms with E-state index in [1.807, 2.05) is 29.2 Å². The summed E-state index contributed by atoms with van der Waals surface area (Å²) in [6, 6.07) is 12.8. The molecule has 3 aliphatic rings. The molecule has 41 heavy (non-hydrogen) atoms. The second-order valence-corrected chi connectivity index (χ2v) is 11.7. The van der Waals surface area contributed by atoms with Crippen molar-refractivity contribution in [3.05, 3.63) is 58.1 Å². The number of nitrogens with zero attached hydrogens (tertiary/aromatic N) is 4. The fraction of sp³-hybridized carbons (Fsp3) is 0.500. The van der Waals surface area contributed by atoms with Crippen molar-refractivity contribution in [2.45, 2.75) is 44.8 Å². The third kappa shape index (κ3) is 6.95. The third-order valence-corrected chi connectivity index (χ3v) is 9.02. The lowest BCUT2D eigenvalue weighted by Gasteiger charge is -2.38. The molecule has 2 aromatic carbocycles. The second kappa shape index (κ2) is 13.1. The molecule has 3 heterocycles. The van der Waals surface area contributed by atoms with E-state index in [4.69, 9.17) is 4.74 Å². The number of urea groups is 1. The molecular weight excluding hydrogens is 590 g/mol. The van der Waals surface area contributed by atoms with E-state index in [-0.39, 0.29) is 30.2 Å². The molecular formula is C30H38BrN5O5. The number of carbonyl (C=O) groups is 3. The normalized spacial score (nSPS) is 19.3. The minimum atomic E-state index is -0.972. The van der Waals surface area contributed by atoms with Gasteiger partial charge in [-0.1, -0.05) is 31.2 Å². The molecule has 10 nitrogen and oxygen atoms in total. The van der Waals surface area contributed by atoms with Crippen molar-refractivity contribution in [2.75, 3.05) is 57.7 Å². The molecule has 220 valence electrons. The van der Waals surface area contributed by atoms with Gasteiger partial charge < -0.3 is 34.8 Å². The van der Waals surface area contributed by atoms with Gasteiger partial charge in [0.25, 0.3) is 5.91 Å². The zero-order chi connectivity index (χ0) is 28.9. The Morgan fingerprint density at radius 1 is 1.02 bits per heavy atom. The van der Waals surface area contributed by atoms with E-state index in [1.165, 1.54) is 0 Å². The van der Waals surface area contributed by atoms with Crippen molar-refractivity contribution in [1.29, 1.82) is 0 Å². The van der Waals surface area contributed by atoms with Gasteiger partial charge in [0.1, 0.15) is 5.75 Å². The number of nitrogens with one attached hydrogen (secondary N) is 1. The maximum Gasteiger partial charge on any atom is 0.410 e. The van der Waals surface area contributed by atoms with Gasteiger partial charge in [-0.3, -0.25) is 4.79 Å². The molecule has 2 fully saturated rings. The van der Waals surface area contributed by atoms with E-state index in [0.29, 0.717) is 50.0 Å². The average Bonchev–Trinajstić information content (AvgIpc) is 3.16. The topological polar surface area (TPSA) is 106 Å². The highest BCUT2D eigenvalue weighted by molar-refractivity contribution is 9.10. The Morgan fingerprint density at radius 2 is 1.76 bits per heavy atom. The van der Waals surface area contributed by atoms with Crippen LogP contribution in [0.3, 0.4) is 0 Å². The van der Waals surface area contributed by atoms with E-state index < -0.39 is 12.2 Å². The number of phenols is 1. The highest BCUT2D eigenvalue weighted by Gasteiger charge is 2.35. The highest BCUT2D eigenvalue weighted by atomic mass is 79.9. The van der Waals surface area contributed by atoms with E-state index in [9.17, 15) is 19.5 Å². The predicted octanol–water partition coefficient (Wildman–Crippen LogP) is 3.92. The number of ether oxygens (including phenoxy) is 1. The summed E-state index contributed by atoms with van der Waals surface area (Å²) in [4.78, 5) is 47.5. The van der Waals surface area contributed by atoms with Gasteiger partial charge >= 0.3 is 12.1 Å². The number of fused-ring (bicyclic) bond motifs is 1. The molecule has 0 saturated carbocycles. The standard InChI is InChI=1S/C30H38BrN5O5/c1-2-33-15-17-34(18-16-33)28(38)27(20-21-7-8-26(37)24(31)19-21)41-30(40)35-12-10-23(11-13-35)36-14-9-22-5-3-4-6-25(22)32-29(36)39/h3-8,19,23,27,37H,2,9-18,20H2,1H3,(H,32,39)/t27-/m1/s1. The molecule has 0 spiro atoms. The first kappa shape index (κ1) is 29.2. The van der Waals surface area contributed by atoms with Gasteiger partial charge in [0.05, 0.1) is 4.47 Å². The number of aromatic hydroxyl groups is 1. The van der Waals surface area contributed by atoms with Crippen LogP contribution in [0.5, 0.6) is 5.75 Å². The summed E-state index contributed by atoms with van der Waals surface area (Å²) >= 11 is 3.33. The first-order valence-electron chi connectivity index (χ1n) is 14.4. The minimum absolute atomic E-state index is 0.0231. The number of amides is 4. The number of hydrogen-bond acceptors (Lipinski definition) is 6. The van der Waals surface area contributed by atoms with Crippen molar-refractivity contribution >= 4 is 39.6 Å². The van der Waals surface area contributed by atoms with Crippen molar-refractivity contribution in [3.8, 4) is 5.75 Å². The van der Waals surface area contributed by atoms with Crippen molar-refractivity contribution in [3.63, 3.8) is 0 Å². The molecule has 2 aromatic rings. The number of piperidine rings is 1. The fourth-order valence-corrected chi connectivity index (χ4v) is 6.28. The lowest BCUT2D eigenvalue weighted by Crippen LogP contribution is -2.53. The summed E-state index contributed by atoms with van der Waals surface area (Å²) in [6.07, 6.45) is 0.783. The number of carbonyl (C=O) groups excluding carboxylic acids is 3. The number of benzene rings is 2. The van der Waals surface area contributed by atoms with E-state index in [1.54, 1.807) is 28.0 Å². The molecule has 0 aliphatic carbocycles. The number of phenolic OH excluding ortho intramolecular Hbond substituents is 1. The molecule has 3 aliphatic heterocycles. The molecule has 0 bridgehead atoms. The van der Waals surface area contributed by atoms with Crippen LogP contribution in [0, 0.1) is 0 Å². The zero-order valence-corrected chi connectivity index (χ0v) is 25.0. The summed E-state index contributed by atoms with van der Waals surface area (Å²) in [5.41, 5.74) is 2.75. The van der Waals surface area contributed by atoms with Crippen LogP contribution in [0.1, 0.15) is 30.9 Å². The Hall–Kier alpha value is -3.31. The van der Waals surface area contributed by atoms with Crippen LogP contribution in [-0.4, -0.2) is 107 Å². The minimum Gasteiger partial charge on any atom is -0.507 e. The first-order valence-corrected chi connectivity index (χ1v) is 15.2. The van der Waals surface area contributed by atoms with Crippen LogP contribution in [0.15, 0.2) is 46.9 Å². The van der Waals surface area contributed by atoms with Gasteiger partial charge in [0.15, 0.2) is 6.10 Å². The predicted molar refractivity (Wildman–Crippen MR) is 159 cm³/mol. The number of piperazine rings is 1. The number of rotatable bonds is 6. The third-order valence-electron chi connectivity index (χ3n) is 8.39. The molecule has 0 unspecified atom stereocenters. The fourth-order valence-electron chi connectivity index (χ4n) is 5.85. The van der Waals surface area contributed by atoms with Gasteiger partial charge in [-0.05, 0) is 71.1 Å². The molecule has 1 atom stereocenters. The molecule has 2 N–H and O–H groups in total. The maximum atomic E-state index is 13.6.